The van der Waals surface area contributed by atoms with Crippen LogP contribution in [0.4, 0.5) is 26.3 Å². The molecule has 0 aliphatic carbocycles. The Labute approximate surface area is 191 Å². The minimum absolute atomic E-state index is 0.0486. The van der Waals surface area contributed by atoms with Crippen LogP contribution in [0, 0.1) is 0 Å². The van der Waals surface area contributed by atoms with Crippen molar-refractivity contribution >= 4 is 17.4 Å². The zero-order valence-electron chi connectivity index (χ0n) is 17.1. The number of carbonyl (C=O) groups excluding carboxylic acids is 1. The number of alkyl halides is 6. The van der Waals surface area contributed by atoms with Gasteiger partial charge in [0.05, 0.1) is 16.8 Å². The molecule has 0 amide bonds. The minimum atomic E-state index is -4.74. The van der Waals surface area contributed by atoms with Crippen LogP contribution >= 0.6 is 11.6 Å². The highest BCUT2D eigenvalue weighted by Crippen LogP contribution is 2.39. The predicted molar refractivity (Wildman–Crippen MR) is 112 cm³/mol. The molecule has 0 aliphatic rings. The van der Waals surface area contributed by atoms with E-state index in [0.717, 1.165) is 42.0 Å². The monoisotopic (exact) mass is 485 g/mol. The lowest BCUT2D eigenvalue weighted by Crippen LogP contribution is -2.17. The summed E-state index contributed by atoms with van der Waals surface area (Å²) in [4.78, 5) is 16.6. The highest BCUT2D eigenvalue weighted by atomic mass is 35.5. The number of carbonyl (C=O) groups is 1. The SMILES string of the molecule is O=C(CCc1ccc(Cl)cc1)C[C@@H](c1ccc(C(F)(F)F)cc1)c1ncccc1C(F)(F)F. The third-order valence-electron chi connectivity index (χ3n) is 5.15. The van der Waals surface area contributed by atoms with Crippen LogP contribution in [-0.2, 0) is 23.6 Å². The molecule has 0 bridgehead atoms. The van der Waals surface area contributed by atoms with Crippen molar-refractivity contribution in [2.75, 3.05) is 0 Å². The van der Waals surface area contributed by atoms with Crippen molar-refractivity contribution < 1.29 is 31.1 Å². The van der Waals surface area contributed by atoms with Gasteiger partial charge in [0.2, 0.25) is 0 Å². The first-order chi connectivity index (χ1) is 15.4. The highest BCUT2D eigenvalue weighted by molar-refractivity contribution is 6.30. The van der Waals surface area contributed by atoms with E-state index >= 15 is 0 Å². The van der Waals surface area contributed by atoms with Gasteiger partial charge in [-0.05, 0) is 53.9 Å². The molecule has 3 aromatic rings. The molecule has 33 heavy (non-hydrogen) atoms. The van der Waals surface area contributed by atoms with Gasteiger partial charge in [-0.3, -0.25) is 9.78 Å². The first kappa shape index (κ1) is 24.8. The van der Waals surface area contributed by atoms with E-state index < -0.39 is 35.1 Å². The lowest BCUT2D eigenvalue weighted by atomic mass is 9.86. The maximum atomic E-state index is 13.6. The summed E-state index contributed by atoms with van der Waals surface area (Å²) < 4.78 is 79.6. The first-order valence-corrected chi connectivity index (χ1v) is 10.3. The van der Waals surface area contributed by atoms with E-state index in [9.17, 15) is 31.1 Å². The largest absolute Gasteiger partial charge is 0.418 e. The standard InChI is InChI=1S/C24H18ClF6NO/c25-18-10-3-15(4-11-18)5-12-19(33)14-20(16-6-8-17(9-7-16)23(26,27)28)22-21(24(29,30)31)2-1-13-32-22/h1-4,6-11,13,20H,5,12,14H2/t20-/m0/s1. The number of hydrogen-bond donors (Lipinski definition) is 0. The number of aryl methyl sites for hydroxylation is 1. The summed E-state index contributed by atoms with van der Waals surface area (Å²) in [5, 5.41) is 0.530. The van der Waals surface area contributed by atoms with E-state index in [-0.39, 0.29) is 24.2 Å². The lowest BCUT2D eigenvalue weighted by Gasteiger charge is -2.21. The van der Waals surface area contributed by atoms with Gasteiger partial charge in [-0.25, -0.2) is 0 Å². The van der Waals surface area contributed by atoms with Gasteiger partial charge in [-0.1, -0.05) is 35.9 Å². The van der Waals surface area contributed by atoms with Gasteiger partial charge in [0, 0.05) is 30.0 Å². The van der Waals surface area contributed by atoms with Crippen molar-refractivity contribution in [3.05, 3.63) is 99.8 Å². The molecule has 0 saturated carbocycles. The quantitative estimate of drug-likeness (QED) is 0.324. The van der Waals surface area contributed by atoms with Gasteiger partial charge in [0.1, 0.15) is 5.78 Å². The fourth-order valence-electron chi connectivity index (χ4n) is 3.48. The molecule has 9 heteroatoms. The molecule has 0 radical (unpaired) electrons. The highest BCUT2D eigenvalue weighted by Gasteiger charge is 2.37. The number of benzene rings is 2. The number of nitrogens with zero attached hydrogens (tertiary/aromatic N) is 1. The predicted octanol–water partition coefficient (Wildman–Crippen LogP) is 7.50. The molecule has 3 rings (SSSR count). The molecule has 0 aliphatic heterocycles. The zero-order chi connectivity index (χ0) is 24.2. The van der Waals surface area contributed by atoms with E-state index in [1.165, 1.54) is 6.20 Å². The molecule has 2 nitrogen and oxygen atoms in total. The van der Waals surface area contributed by atoms with Crippen molar-refractivity contribution in [1.82, 2.24) is 4.98 Å². The Hall–Kier alpha value is -2.87. The molecule has 0 unspecified atom stereocenters. The second-order valence-corrected chi connectivity index (χ2v) is 7.91. The van der Waals surface area contributed by atoms with Crippen LogP contribution in [0.15, 0.2) is 66.9 Å². The Balaban J connectivity index is 1.91. The fourth-order valence-corrected chi connectivity index (χ4v) is 3.60. The molecule has 1 aromatic heterocycles. The van der Waals surface area contributed by atoms with Crippen LogP contribution in [-0.4, -0.2) is 10.8 Å². The molecular formula is C24H18ClF6NO. The van der Waals surface area contributed by atoms with Crippen molar-refractivity contribution in [2.24, 2.45) is 0 Å². The number of rotatable bonds is 7. The summed E-state index contributed by atoms with van der Waals surface area (Å²) in [5.74, 6) is -1.49. The number of ketones is 1. The van der Waals surface area contributed by atoms with Gasteiger partial charge in [0.25, 0.3) is 0 Å². The number of halogens is 7. The zero-order valence-corrected chi connectivity index (χ0v) is 17.8. The lowest BCUT2D eigenvalue weighted by molar-refractivity contribution is -0.139. The third kappa shape index (κ3) is 6.57. The maximum absolute atomic E-state index is 13.6. The smallest absolute Gasteiger partial charge is 0.300 e. The van der Waals surface area contributed by atoms with Crippen LogP contribution in [0.5, 0.6) is 0 Å². The summed E-state index contributed by atoms with van der Waals surface area (Å²) >= 11 is 5.83. The van der Waals surface area contributed by atoms with E-state index in [2.05, 4.69) is 4.98 Å². The Morgan fingerprint density at radius 3 is 2.09 bits per heavy atom. The molecular weight excluding hydrogens is 468 g/mol. The van der Waals surface area contributed by atoms with Crippen molar-refractivity contribution in [2.45, 2.75) is 37.5 Å². The van der Waals surface area contributed by atoms with E-state index in [1.54, 1.807) is 24.3 Å². The average Bonchev–Trinajstić information content (AvgIpc) is 2.76. The van der Waals surface area contributed by atoms with Gasteiger partial charge in [0.15, 0.2) is 0 Å². The van der Waals surface area contributed by atoms with Gasteiger partial charge >= 0.3 is 12.4 Å². The normalized spacial score (nSPS) is 13.1. The molecule has 1 atom stereocenters. The van der Waals surface area contributed by atoms with E-state index in [1.807, 2.05) is 0 Å². The third-order valence-corrected chi connectivity index (χ3v) is 5.40. The number of pyridine rings is 1. The van der Waals surface area contributed by atoms with Gasteiger partial charge in [-0.2, -0.15) is 26.3 Å². The first-order valence-electron chi connectivity index (χ1n) is 9.90. The van der Waals surface area contributed by atoms with Crippen molar-refractivity contribution in [3.63, 3.8) is 0 Å². The van der Waals surface area contributed by atoms with Gasteiger partial charge in [-0.15, -0.1) is 0 Å². The number of hydrogen-bond acceptors (Lipinski definition) is 2. The molecule has 0 N–H and O–H groups in total. The maximum Gasteiger partial charge on any atom is 0.418 e. The second kappa shape index (κ2) is 9.95. The molecule has 2 aromatic carbocycles. The summed E-state index contributed by atoms with van der Waals surface area (Å²) in [5.41, 5.74) is -1.39. The Morgan fingerprint density at radius 2 is 1.52 bits per heavy atom. The Morgan fingerprint density at radius 1 is 0.879 bits per heavy atom. The molecule has 0 spiro atoms. The molecule has 0 fully saturated rings. The summed E-state index contributed by atoms with van der Waals surface area (Å²) in [6.07, 6.45) is -8.10. The molecule has 1 heterocycles. The van der Waals surface area contributed by atoms with Crippen molar-refractivity contribution in [1.29, 1.82) is 0 Å². The van der Waals surface area contributed by atoms with E-state index in [0.29, 0.717) is 11.4 Å². The van der Waals surface area contributed by atoms with Crippen LogP contribution < -0.4 is 0 Å². The van der Waals surface area contributed by atoms with E-state index in [4.69, 9.17) is 11.6 Å². The minimum Gasteiger partial charge on any atom is -0.300 e. The van der Waals surface area contributed by atoms with Crippen LogP contribution in [0.3, 0.4) is 0 Å². The summed E-state index contributed by atoms with van der Waals surface area (Å²) in [6.45, 7) is 0. The van der Waals surface area contributed by atoms with Crippen LogP contribution in [0.1, 0.15) is 46.7 Å². The van der Waals surface area contributed by atoms with Crippen molar-refractivity contribution in [3.8, 4) is 0 Å². The average molecular weight is 486 g/mol. The second-order valence-electron chi connectivity index (χ2n) is 7.48. The number of Topliss-reactive ketones (excluding diaryl/α,β-unsaturated/α-hetero) is 1. The molecule has 0 saturated heterocycles. The Kier molecular flexibility index (Phi) is 7.47. The van der Waals surface area contributed by atoms with Crippen LogP contribution in [0.2, 0.25) is 5.02 Å². The summed E-state index contributed by atoms with van der Waals surface area (Å²) in [7, 11) is 0. The van der Waals surface area contributed by atoms with Gasteiger partial charge < -0.3 is 0 Å². The number of aromatic nitrogens is 1. The fraction of sp³-hybridized carbons (Fsp3) is 0.250. The Bertz CT molecular complexity index is 1090. The topological polar surface area (TPSA) is 30.0 Å². The molecule has 174 valence electrons. The van der Waals surface area contributed by atoms with Crippen LogP contribution in [0.25, 0.3) is 0 Å². The summed E-state index contributed by atoms with van der Waals surface area (Å²) in [6, 6.07) is 12.5.